The van der Waals surface area contributed by atoms with Gasteiger partial charge in [-0.3, -0.25) is 4.79 Å². The second-order valence-electron chi connectivity index (χ2n) is 6.04. The predicted molar refractivity (Wildman–Crippen MR) is 93.5 cm³/mol. The molecule has 0 atom stereocenters. The maximum absolute atomic E-state index is 12.1. The third kappa shape index (κ3) is 5.17. The van der Waals surface area contributed by atoms with Gasteiger partial charge in [0.15, 0.2) is 5.16 Å². The number of amides is 1. The molecule has 3 rings (SSSR count). The van der Waals surface area contributed by atoms with Gasteiger partial charge >= 0.3 is 6.61 Å². The van der Waals surface area contributed by atoms with E-state index in [2.05, 4.69) is 24.8 Å². The molecule has 0 radical (unpaired) electrons. The van der Waals surface area contributed by atoms with Gasteiger partial charge in [0.1, 0.15) is 11.6 Å². The lowest BCUT2D eigenvalue weighted by Crippen LogP contribution is -2.27. The minimum absolute atomic E-state index is 0.0735. The molecule has 26 heavy (non-hydrogen) atoms. The van der Waals surface area contributed by atoms with Crippen molar-refractivity contribution in [3.8, 4) is 5.75 Å². The van der Waals surface area contributed by atoms with Crippen LogP contribution in [-0.2, 0) is 11.2 Å². The largest absolute Gasteiger partial charge is 0.435 e. The second kappa shape index (κ2) is 8.48. The highest BCUT2D eigenvalue weighted by Gasteiger charge is 2.28. The number of halogens is 2. The number of carbonyl (C=O) groups excluding carboxylic acids is 1. The van der Waals surface area contributed by atoms with Crippen molar-refractivity contribution >= 4 is 17.7 Å². The quantitative estimate of drug-likeness (QED) is 0.676. The first-order chi connectivity index (χ1) is 12.5. The van der Waals surface area contributed by atoms with Gasteiger partial charge in [-0.05, 0) is 43.9 Å². The smallest absolute Gasteiger partial charge is 0.387 e. The van der Waals surface area contributed by atoms with Gasteiger partial charge in [-0.2, -0.15) is 8.78 Å². The molecule has 6 nitrogen and oxygen atoms in total. The Morgan fingerprint density at radius 1 is 1.35 bits per heavy atom. The molecule has 1 saturated carbocycles. The first-order valence-electron chi connectivity index (χ1n) is 8.37. The Balaban J connectivity index is 1.39. The molecule has 1 N–H and O–H groups in total. The summed E-state index contributed by atoms with van der Waals surface area (Å²) >= 11 is 1.39. The van der Waals surface area contributed by atoms with Crippen LogP contribution in [0.3, 0.4) is 0 Å². The zero-order chi connectivity index (χ0) is 18.5. The van der Waals surface area contributed by atoms with E-state index >= 15 is 0 Å². The molecule has 1 heterocycles. The standard InChI is InChI=1S/C17H20F2N4O2S/c1-11-21-22-17(23(11)13-4-5-13)26-10-15(24)20-9-8-12-2-6-14(7-3-12)25-16(18)19/h2-3,6-7,13,16H,4-5,8-10H2,1H3,(H,20,24). The minimum Gasteiger partial charge on any atom is -0.435 e. The summed E-state index contributed by atoms with van der Waals surface area (Å²) in [7, 11) is 0. The highest BCUT2D eigenvalue weighted by molar-refractivity contribution is 7.99. The van der Waals surface area contributed by atoms with Crippen LogP contribution in [0.25, 0.3) is 0 Å². The lowest BCUT2D eigenvalue weighted by Gasteiger charge is -2.08. The zero-order valence-electron chi connectivity index (χ0n) is 14.3. The first kappa shape index (κ1) is 18.6. The third-order valence-corrected chi connectivity index (χ3v) is 4.91. The van der Waals surface area contributed by atoms with Crippen molar-refractivity contribution in [3.63, 3.8) is 0 Å². The number of rotatable bonds is 9. The van der Waals surface area contributed by atoms with Crippen LogP contribution < -0.4 is 10.1 Å². The summed E-state index contributed by atoms with van der Waals surface area (Å²) in [5.41, 5.74) is 0.934. The number of alkyl halides is 2. The van der Waals surface area contributed by atoms with Crippen LogP contribution in [0.2, 0.25) is 0 Å². The molecule has 9 heteroatoms. The summed E-state index contributed by atoms with van der Waals surface area (Å²) in [5, 5.41) is 11.9. The summed E-state index contributed by atoms with van der Waals surface area (Å²) in [6.07, 6.45) is 2.89. The number of carbonyl (C=O) groups is 1. The summed E-state index contributed by atoms with van der Waals surface area (Å²) in [6.45, 7) is -0.428. The van der Waals surface area contributed by atoms with Crippen LogP contribution in [-0.4, -0.2) is 39.6 Å². The number of nitrogens with one attached hydrogen (secondary N) is 1. The van der Waals surface area contributed by atoms with Crippen LogP contribution in [0.15, 0.2) is 29.4 Å². The van der Waals surface area contributed by atoms with Gasteiger partial charge in [-0.1, -0.05) is 23.9 Å². The topological polar surface area (TPSA) is 69.0 Å². The van der Waals surface area contributed by atoms with Crippen molar-refractivity contribution < 1.29 is 18.3 Å². The molecule has 1 aromatic heterocycles. The Morgan fingerprint density at radius 2 is 2.08 bits per heavy atom. The number of aromatic nitrogens is 3. The molecule has 1 amide bonds. The van der Waals surface area contributed by atoms with Crippen molar-refractivity contribution in [3.05, 3.63) is 35.7 Å². The van der Waals surface area contributed by atoms with E-state index in [1.165, 1.54) is 23.9 Å². The summed E-state index contributed by atoms with van der Waals surface area (Å²) in [6, 6.07) is 6.88. The molecule has 1 fully saturated rings. The summed E-state index contributed by atoms with van der Waals surface area (Å²) < 4.78 is 30.6. The molecule has 2 aromatic rings. The Bertz CT molecular complexity index is 748. The van der Waals surface area contributed by atoms with Crippen LogP contribution in [0.4, 0.5) is 8.78 Å². The number of ether oxygens (including phenoxy) is 1. The molecule has 0 spiro atoms. The van der Waals surface area contributed by atoms with Gasteiger partial charge in [-0.15, -0.1) is 10.2 Å². The number of hydrogen-bond acceptors (Lipinski definition) is 5. The number of aryl methyl sites for hydroxylation is 1. The zero-order valence-corrected chi connectivity index (χ0v) is 15.1. The lowest BCUT2D eigenvalue weighted by atomic mass is 10.1. The van der Waals surface area contributed by atoms with E-state index in [0.29, 0.717) is 19.0 Å². The minimum atomic E-state index is -2.83. The third-order valence-electron chi connectivity index (χ3n) is 3.96. The van der Waals surface area contributed by atoms with Gasteiger partial charge in [-0.25, -0.2) is 0 Å². The van der Waals surface area contributed by atoms with Crippen molar-refractivity contribution in [2.75, 3.05) is 12.3 Å². The van der Waals surface area contributed by atoms with Gasteiger partial charge in [0.05, 0.1) is 5.75 Å². The molecular formula is C17H20F2N4O2S. The van der Waals surface area contributed by atoms with E-state index in [-0.39, 0.29) is 17.4 Å². The molecule has 1 aliphatic rings. The molecule has 0 aliphatic heterocycles. The lowest BCUT2D eigenvalue weighted by molar-refractivity contribution is -0.118. The van der Waals surface area contributed by atoms with Gasteiger partial charge in [0, 0.05) is 12.6 Å². The number of benzene rings is 1. The van der Waals surface area contributed by atoms with E-state index < -0.39 is 6.61 Å². The van der Waals surface area contributed by atoms with Crippen LogP contribution in [0, 0.1) is 6.92 Å². The summed E-state index contributed by atoms with van der Waals surface area (Å²) in [5.74, 6) is 1.22. The number of thioether (sulfide) groups is 1. The Morgan fingerprint density at radius 3 is 2.73 bits per heavy atom. The molecule has 0 saturated heterocycles. The normalized spacial score (nSPS) is 13.8. The molecule has 140 valence electrons. The van der Waals surface area contributed by atoms with Gasteiger partial charge < -0.3 is 14.6 Å². The van der Waals surface area contributed by atoms with Crippen molar-refractivity contribution in [1.29, 1.82) is 0 Å². The maximum atomic E-state index is 12.1. The van der Waals surface area contributed by atoms with Crippen LogP contribution >= 0.6 is 11.8 Å². The molecule has 0 bridgehead atoms. The second-order valence-corrected chi connectivity index (χ2v) is 6.98. The Labute approximate surface area is 154 Å². The number of nitrogens with zero attached hydrogens (tertiary/aromatic N) is 3. The SMILES string of the molecule is Cc1nnc(SCC(=O)NCCc2ccc(OC(F)F)cc2)n1C1CC1. The predicted octanol–water partition coefficient (Wildman–Crippen LogP) is 2.97. The van der Waals surface area contributed by atoms with E-state index in [4.69, 9.17) is 0 Å². The average Bonchev–Trinajstić information content (AvgIpc) is 3.37. The fourth-order valence-electron chi connectivity index (χ4n) is 2.57. The number of hydrogen-bond donors (Lipinski definition) is 1. The van der Waals surface area contributed by atoms with Crippen LogP contribution in [0.1, 0.15) is 30.3 Å². The van der Waals surface area contributed by atoms with E-state index in [1.807, 2.05) is 6.92 Å². The highest BCUT2D eigenvalue weighted by Crippen LogP contribution is 2.38. The van der Waals surface area contributed by atoms with E-state index in [1.54, 1.807) is 12.1 Å². The van der Waals surface area contributed by atoms with E-state index in [9.17, 15) is 13.6 Å². The fourth-order valence-corrected chi connectivity index (χ4v) is 3.45. The monoisotopic (exact) mass is 382 g/mol. The summed E-state index contributed by atoms with van der Waals surface area (Å²) in [4.78, 5) is 12.0. The molecular weight excluding hydrogens is 362 g/mol. The average molecular weight is 382 g/mol. The Hall–Kier alpha value is -2.16. The van der Waals surface area contributed by atoms with Crippen molar-refractivity contribution in [1.82, 2.24) is 20.1 Å². The van der Waals surface area contributed by atoms with Crippen LogP contribution in [0.5, 0.6) is 5.75 Å². The van der Waals surface area contributed by atoms with E-state index in [0.717, 1.165) is 29.4 Å². The van der Waals surface area contributed by atoms with Gasteiger partial charge in [0.2, 0.25) is 5.91 Å². The highest BCUT2D eigenvalue weighted by atomic mass is 32.2. The van der Waals surface area contributed by atoms with Gasteiger partial charge in [0.25, 0.3) is 0 Å². The maximum Gasteiger partial charge on any atom is 0.387 e. The fraction of sp³-hybridized carbons (Fsp3) is 0.471. The molecule has 1 aromatic carbocycles. The molecule has 0 unspecified atom stereocenters. The van der Waals surface area contributed by atoms with Crippen molar-refractivity contribution in [2.24, 2.45) is 0 Å². The van der Waals surface area contributed by atoms with Crippen molar-refractivity contribution in [2.45, 2.75) is 44.0 Å². The first-order valence-corrected chi connectivity index (χ1v) is 9.36. The molecule has 1 aliphatic carbocycles. The Kier molecular flexibility index (Phi) is 6.08.